The first-order valence-corrected chi connectivity index (χ1v) is 10.4. The maximum atomic E-state index is 12.4. The van der Waals surface area contributed by atoms with Crippen molar-refractivity contribution < 1.29 is 9.53 Å². The summed E-state index contributed by atoms with van der Waals surface area (Å²) in [6.45, 7) is 4.10. The fraction of sp³-hybridized carbons (Fsp3) is 0.696. The van der Waals surface area contributed by atoms with E-state index in [1.807, 2.05) is 0 Å². The summed E-state index contributed by atoms with van der Waals surface area (Å²) in [6.07, 6.45) is 7.65. The van der Waals surface area contributed by atoms with Gasteiger partial charge in [-0.15, -0.1) is 0 Å². The zero-order valence-corrected chi connectivity index (χ0v) is 16.6. The second-order valence-electron chi connectivity index (χ2n) is 9.20. The molecule has 3 nitrogen and oxygen atoms in total. The van der Waals surface area contributed by atoms with Crippen LogP contribution in [0.15, 0.2) is 18.2 Å². The first-order chi connectivity index (χ1) is 12.5. The van der Waals surface area contributed by atoms with E-state index < -0.39 is 0 Å². The van der Waals surface area contributed by atoms with Gasteiger partial charge in [0, 0.05) is 18.4 Å². The highest BCUT2D eigenvalue weighted by atomic mass is 16.5. The third-order valence-electron chi connectivity index (χ3n) is 7.43. The van der Waals surface area contributed by atoms with Gasteiger partial charge >= 0.3 is 0 Å². The Morgan fingerprint density at radius 1 is 1.19 bits per heavy atom. The van der Waals surface area contributed by atoms with Gasteiger partial charge < -0.3 is 9.64 Å². The van der Waals surface area contributed by atoms with Crippen molar-refractivity contribution in [2.24, 2.45) is 17.3 Å². The molecule has 142 valence electrons. The van der Waals surface area contributed by atoms with Gasteiger partial charge in [0.25, 0.3) is 0 Å². The van der Waals surface area contributed by atoms with Crippen molar-refractivity contribution in [3.05, 3.63) is 29.3 Å². The predicted octanol–water partition coefficient (Wildman–Crippen LogP) is 4.44. The SMILES string of the molecule is CN(C)CCCOc1ccc2c(c1)CC[C@@H]1[C@@H]2CC[C@@]2(C)C(=O)CC[C@H]12. The summed E-state index contributed by atoms with van der Waals surface area (Å²) in [5.41, 5.74) is 3.02. The normalized spacial score (nSPS) is 32.9. The lowest BCUT2D eigenvalue weighted by Crippen LogP contribution is -2.42. The van der Waals surface area contributed by atoms with Crippen molar-refractivity contribution in [1.29, 1.82) is 0 Å². The Labute approximate surface area is 158 Å². The second-order valence-corrected chi connectivity index (χ2v) is 9.20. The fourth-order valence-electron chi connectivity index (χ4n) is 5.99. The van der Waals surface area contributed by atoms with Crippen LogP contribution in [-0.4, -0.2) is 37.9 Å². The monoisotopic (exact) mass is 355 g/mol. The molecular weight excluding hydrogens is 322 g/mol. The van der Waals surface area contributed by atoms with Crippen LogP contribution in [-0.2, 0) is 11.2 Å². The van der Waals surface area contributed by atoms with Gasteiger partial charge in [0.15, 0.2) is 0 Å². The van der Waals surface area contributed by atoms with Gasteiger partial charge in [0.05, 0.1) is 6.61 Å². The highest BCUT2D eigenvalue weighted by Gasteiger charge is 2.54. The van der Waals surface area contributed by atoms with Gasteiger partial charge in [-0.2, -0.15) is 0 Å². The Hall–Kier alpha value is -1.35. The van der Waals surface area contributed by atoms with Crippen LogP contribution in [0, 0.1) is 17.3 Å². The van der Waals surface area contributed by atoms with Crippen LogP contribution in [0.3, 0.4) is 0 Å². The summed E-state index contributed by atoms with van der Waals surface area (Å²) < 4.78 is 5.99. The topological polar surface area (TPSA) is 29.5 Å². The summed E-state index contributed by atoms with van der Waals surface area (Å²) >= 11 is 0. The molecule has 2 fully saturated rings. The first kappa shape index (κ1) is 18.0. The van der Waals surface area contributed by atoms with Crippen molar-refractivity contribution >= 4 is 5.78 Å². The molecule has 3 aliphatic carbocycles. The van der Waals surface area contributed by atoms with Gasteiger partial charge in [-0.05, 0) is 93.6 Å². The molecule has 0 aliphatic heterocycles. The summed E-state index contributed by atoms with van der Waals surface area (Å²) in [6, 6.07) is 6.78. The molecule has 3 aliphatic rings. The molecule has 0 aromatic heterocycles. The van der Waals surface area contributed by atoms with E-state index in [0.717, 1.165) is 51.0 Å². The molecule has 2 saturated carbocycles. The van der Waals surface area contributed by atoms with E-state index in [0.29, 0.717) is 23.5 Å². The molecule has 0 bridgehead atoms. The van der Waals surface area contributed by atoms with E-state index in [1.54, 1.807) is 5.56 Å². The van der Waals surface area contributed by atoms with E-state index in [-0.39, 0.29) is 5.41 Å². The Morgan fingerprint density at radius 2 is 2.04 bits per heavy atom. The van der Waals surface area contributed by atoms with Gasteiger partial charge in [-0.25, -0.2) is 0 Å². The lowest BCUT2D eigenvalue weighted by Gasteiger charge is -2.48. The van der Waals surface area contributed by atoms with Crippen molar-refractivity contribution in [3.63, 3.8) is 0 Å². The van der Waals surface area contributed by atoms with Crippen molar-refractivity contribution in [3.8, 4) is 5.75 Å². The molecule has 0 amide bonds. The highest BCUT2D eigenvalue weighted by Crippen LogP contribution is 2.59. The number of hydrogen-bond acceptors (Lipinski definition) is 3. The van der Waals surface area contributed by atoms with Crippen LogP contribution in [0.5, 0.6) is 5.75 Å². The third kappa shape index (κ3) is 3.09. The molecule has 0 unspecified atom stereocenters. The number of fused-ring (bicyclic) bond motifs is 5. The number of benzene rings is 1. The molecule has 1 aromatic rings. The summed E-state index contributed by atoms with van der Waals surface area (Å²) in [4.78, 5) is 14.6. The number of hydrogen-bond donors (Lipinski definition) is 0. The quantitative estimate of drug-likeness (QED) is 0.731. The molecule has 4 rings (SSSR count). The van der Waals surface area contributed by atoms with E-state index in [1.165, 1.54) is 18.4 Å². The van der Waals surface area contributed by atoms with Crippen LogP contribution in [0.4, 0.5) is 0 Å². The van der Waals surface area contributed by atoms with Gasteiger partial charge in [-0.3, -0.25) is 4.79 Å². The summed E-state index contributed by atoms with van der Waals surface area (Å²) in [5, 5.41) is 0. The fourth-order valence-corrected chi connectivity index (χ4v) is 5.99. The van der Waals surface area contributed by atoms with Crippen molar-refractivity contribution in [2.45, 2.75) is 57.8 Å². The molecule has 4 atom stereocenters. The van der Waals surface area contributed by atoms with Crippen LogP contribution in [0.1, 0.15) is 62.5 Å². The maximum Gasteiger partial charge on any atom is 0.139 e. The van der Waals surface area contributed by atoms with Crippen molar-refractivity contribution in [1.82, 2.24) is 4.90 Å². The lowest BCUT2D eigenvalue weighted by atomic mass is 9.55. The zero-order chi connectivity index (χ0) is 18.3. The average molecular weight is 356 g/mol. The van der Waals surface area contributed by atoms with Crippen LogP contribution < -0.4 is 4.74 Å². The lowest BCUT2D eigenvalue weighted by molar-refractivity contribution is -0.129. The molecule has 0 spiro atoms. The molecule has 0 saturated heterocycles. The number of carbonyl (C=O) groups excluding carboxylic acids is 1. The minimum Gasteiger partial charge on any atom is -0.494 e. The van der Waals surface area contributed by atoms with Crippen LogP contribution in [0.2, 0.25) is 0 Å². The Bertz CT molecular complexity index is 683. The molecule has 0 radical (unpaired) electrons. The minimum atomic E-state index is -0.0197. The number of Topliss-reactive ketones (excluding diaryl/α,β-unsaturated/α-hetero) is 1. The highest BCUT2D eigenvalue weighted by molar-refractivity contribution is 5.87. The van der Waals surface area contributed by atoms with E-state index >= 15 is 0 Å². The molecule has 3 heteroatoms. The van der Waals surface area contributed by atoms with Crippen LogP contribution in [0.25, 0.3) is 0 Å². The number of carbonyl (C=O) groups is 1. The first-order valence-electron chi connectivity index (χ1n) is 10.4. The van der Waals surface area contributed by atoms with E-state index in [9.17, 15) is 4.79 Å². The predicted molar refractivity (Wildman–Crippen MR) is 105 cm³/mol. The number of aryl methyl sites for hydroxylation is 1. The zero-order valence-electron chi connectivity index (χ0n) is 16.6. The Morgan fingerprint density at radius 3 is 2.85 bits per heavy atom. The number of ketones is 1. The van der Waals surface area contributed by atoms with E-state index in [4.69, 9.17) is 4.74 Å². The largest absolute Gasteiger partial charge is 0.494 e. The number of rotatable bonds is 5. The van der Waals surface area contributed by atoms with Gasteiger partial charge in [0.1, 0.15) is 11.5 Å². The third-order valence-corrected chi connectivity index (χ3v) is 7.43. The van der Waals surface area contributed by atoms with Gasteiger partial charge in [-0.1, -0.05) is 13.0 Å². The standard InChI is InChI=1S/C23H33NO2/c1-23-12-11-19-18-8-6-17(26-14-4-13-24(2)3)15-16(18)5-7-20(19)21(23)9-10-22(23)25/h6,8,15,19-21H,4-5,7,9-14H2,1-3H3/t19-,20-,21-,23-/m1/s1. The average Bonchev–Trinajstić information content (AvgIpc) is 2.93. The van der Waals surface area contributed by atoms with E-state index in [2.05, 4.69) is 44.1 Å². The molecular formula is C23H33NO2. The Balaban J connectivity index is 1.46. The number of nitrogens with zero attached hydrogens (tertiary/aromatic N) is 1. The molecule has 1 aromatic carbocycles. The number of ether oxygens (including phenoxy) is 1. The van der Waals surface area contributed by atoms with Crippen LogP contribution >= 0.6 is 0 Å². The van der Waals surface area contributed by atoms with Gasteiger partial charge in [0.2, 0.25) is 0 Å². The maximum absolute atomic E-state index is 12.4. The minimum absolute atomic E-state index is 0.0197. The molecule has 26 heavy (non-hydrogen) atoms. The summed E-state index contributed by atoms with van der Waals surface area (Å²) in [7, 11) is 4.20. The Kier molecular flexibility index (Phi) is 4.85. The molecule has 0 heterocycles. The smallest absolute Gasteiger partial charge is 0.139 e. The molecule has 0 N–H and O–H groups in total. The van der Waals surface area contributed by atoms with Crippen molar-refractivity contribution in [2.75, 3.05) is 27.2 Å². The summed E-state index contributed by atoms with van der Waals surface area (Å²) in [5.74, 6) is 3.54. The second kappa shape index (κ2) is 6.99.